The largest absolute Gasteiger partial charge is 0.512 e. The van der Waals surface area contributed by atoms with Gasteiger partial charge in [0.05, 0.1) is 18.6 Å². The zero-order valence-corrected chi connectivity index (χ0v) is 25.6. The first-order chi connectivity index (χ1) is 19.8. The van der Waals surface area contributed by atoms with E-state index in [1.807, 2.05) is 42.6 Å². The van der Waals surface area contributed by atoms with Gasteiger partial charge in [0, 0.05) is 39.7 Å². The fourth-order valence-electron chi connectivity index (χ4n) is 4.75. The maximum atomic E-state index is 9.76. The van der Waals surface area contributed by atoms with Crippen molar-refractivity contribution >= 4 is 39.4 Å². The van der Waals surface area contributed by atoms with Gasteiger partial charge >= 0.3 is 0 Å². The number of hydrogen-bond acceptors (Lipinski definition) is 5. The average Bonchev–Trinajstić information content (AvgIpc) is 3.58. The Morgan fingerprint density at radius 2 is 1.88 bits per heavy atom. The molecule has 0 aliphatic carbocycles. The minimum atomic E-state index is 0.242. The van der Waals surface area contributed by atoms with Crippen LogP contribution >= 0.6 is 11.3 Å². The predicted molar refractivity (Wildman–Crippen MR) is 175 cm³/mol. The SMILES string of the molecule is CC/C(O)=C\C=C(/CC)CCCN/C(C)=C1\N=CN(Cc2ccc(C)cc2)\C1=N\C(=N)c1csc2cccc(C)c12. The summed E-state index contributed by atoms with van der Waals surface area (Å²) in [7, 11) is 0. The lowest BCUT2D eigenvalue weighted by atomic mass is 10.1. The number of thiophene rings is 1. The van der Waals surface area contributed by atoms with E-state index in [4.69, 9.17) is 15.4 Å². The lowest BCUT2D eigenvalue weighted by Crippen LogP contribution is -2.28. The minimum absolute atomic E-state index is 0.242. The van der Waals surface area contributed by atoms with Crippen LogP contribution in [0.5, 0.6) is 0 Å². The van der Waals surface area contributed by atoms with Crippen LogP contribution in [0.3, 0.4) is 0 Å². The summed E-state index contributed by atoms with van der Waals surface area (Å²) in [5.74, 6) is 1.33. The minimum Gasteiger partial charge on any atom is -0.512 e. The Balaban J connectivity index is 1.56. The molecule has 214 valence electrons. The lowest BCUT2D eigenvalue weighted by Gasteiger charge is -2.18. The van der Waals surface area contributed by atoms with E-state index in [0.29, 0.717) is 24.6 Å². The second kappa shape index (κ2) is 14.1. The lowest BCUT2D eigenvalue weighted by molar-refractivity contribution is 0.394. The van der Waals surface area contributed by atoms with Crippen molar-refractivity contribution in [3.8, 4) is 0 Å². The van der Waals surface area contributed by atoms with Crippen LogP contribution in [-0.2, 0) is 6.54 Å². The number of aliphatic hydroxyl groups excluding tert-OH is 1. The topological polar surface area (TPSA) is 84.1 Å². The van der Waals surface area contributed by atoms with Crippen LogP contribution in [0.15, 0.2) is 92.7 Å². The number of aliphatic imine (C=N–C) groups is 2. The molecule has 0 bridgehead atoms. The van der Waals surface area contributed by atoms with Gasteiger partial charge in [-0.05, 0) is 63.3 Å². The molecule has 1 aromatic heterocycles. The van der Waals surface area contributed by atoms with E-state index in [1.165, 1.54) is 15.8 Å². The standard InChI is InChI=1S/C34H41N5OS/c1-6-26(17-18-28(40)7-2)11-9-19-36-25(5)32-34(39(22-37-32)20-27-15-13-23(3)14-16-27)38-33(35)29-21-41-30-12-8-10-24(4)31(29)30/h8,10,12-18,21-22,35-36,40H,6-7,9,11,19-20H2,1-5H3/b26-17+,28-18+,32-25-,35-33?,38-34+. The molecule has 2 aromatic carbocycles. The highest BCUT2D eigenvalue weighted by Crippen LogP contribution is 2.30. The van der Waals surface area contributed by atoms with Crippen molar-refractivity contribution in [2.45, 2.75) is 66.8 Å². The van der Waals surface area contributed by atoms with Gasteiger partial charge in [0.15, 0.2) is 11.7 Å². The highest BCUT2D eigenvalue weighted by Gasteiger charge is 2.24. The molecule has 0 fully saturated rings. The Morgan fingerprint density at radius 3 is 2.61 bits per heavy atom. The van der Waals surface area contributed by atoms with E-state index in [1.54, 1.807) is 11.3 Å². The number of hydrogen-bond donors (Lipinski definition) is 3. The molecule has 0 atom stereocenters. The third kappa shape index (κ3) is 7.61. The maximum Gasteiger partial charge on any atom is 0.164 e. The number of amidine groups is 2. The Bertz CT molecular complexity index is 1540. The van der Waals surface area contributed by atoms with Crippen molar-refractivity contribution in [2.24, 2.45) is 9.98 Å². The van der Waals surface area contributed by atoms with Gasteiger partial charge in [-0.1, -0.05) is 67.5 Å². The van der Waals surface area contributed by atoms with E-state index in [9.17, 15) is 5.11 Å². The molecule has 0 unspecified atom stereocenters. The number of aryl methyl sites for hydroxylation is 2. The number of nitrogens with one attached hydrogen (secondary N) is 2. The van der Waals surface area contributed by atoms with Crippen LogP contribution in [0.2, 0.25) is 0 Å². The van der Waals surface area contributed by atoms with Crippen LogP contribution in [-0.4, -0.2) is 34.6 Å². The molecule has 3 N–H and O–H groups in total. The molecule has 0 radical (unpaired) electrons. The number of aliphatic hydroxyl groups is 1. The number of benzene rings is 2. The summed E-state index contributed by atoms with van der Waals surface area (Å²) in [6, 6.07) is 14.7. The monoisotopic (exact) mass is 567 g/mol. The molecule has 1 aliphatic heterocycles. The average molecular weight is 568 g/mol. The van der Waals surface area contributed by atoms with Crippen molar-refractivity contribution in [3.63, 3.8) is 0 Å². The zero-order chi connectivity index (χ0) is 29.4. The molecule has 41 heavy (non-hydrogen) atoms. The van der Waals surface area contributed by atoms with Crippen molar-refractivity contribution in [1.29, 1.82) is 5.41 Å². The van der Waals surface area contributed by atoms with Gasteiger partial charge in [0.25, 0.3) is 0 Å². The van der Waals surface area contributed by atoms with E-state index in [0.717, 1.165) is 59.3 Å². The molecule has 0 amide bonds. The van der Waals surface area contributed by atoms with Gasteiger partial charge in [-0.3, -0.25) is 5.41 Å². The molecule has 0 saturated carbocycles. The fourth-order valence-corrected chi connectivity index (χ4v) is 5.77. The Labute approximate surface area is 248 Å². The summed E-state index contributed by atoms with van der Waals surface area (Å²) in [5, 5.41) is 25.4. The molecule has 3 aromatic rings. The van der Waals surface area contributed by atoms with E-state index >= 15 is 0 Å². The molecule has 4 rings (SSSR count). The molecular weight excluding hydrogens is 526 g/mol. The van der Waals surface area contributed by atoms with Gasteiger partial charge in [0.1, 0.15) is 5.70 Å². The Kier molecular flexibility index (Phi) is 10.3. The molecule has 6 nitrogen and oxygen atoms in total. The normalized spacial score (nSPS) is 16.2. The van der Waals surface area contributed by atoms with Crippen molar-refractivity contribution < 1.29 is 5.11 Å². The van der Waals surface area contributed by atoms with Crippen LogP contribution in [0.25, 0.3) is 10.1 Å². The van der Waals surface area contributed by atoms with Gasteiger partial charge < -0.3 is 15.3 Å². The highest BCUT2D eigenvalue weighted by molar-refractivity contribution is 7.17. The fraction of sp³-hybridized carbons (Fsp3) is 0.324. The van der Waals surface area contributed by atoms with Gasteiger partial charge in [0.2, 0.25) is 0 Å². The first-order valence-electron chi connectivity index (χ1n) is 14.3. The summed E-state index contributed by atoms with van der Waals surface area (Å²) in [5.41, 5.74) is 7.40. The number of fused-ring (bicyclic) bond motifs is 1. The highest BCUT2D eigenvalue weighted by atomic mass is 32.1. The van der Waals surface area contributed by atoms with Crippen LogP contribution in [0.1, 0.15) is 68.7 Å². The van der Waals surface area contributed by atoms with Crippen molar-refractivity contribution in [2.75, 3.05) is 6.54 Å². The third-order valence-electron chi connectivity index (χ3n) is 7.31. The summed E-state index contributed by atoms with van der Waals surface area (Å²) in [4.78, 5) is 11.7. The quantitative estimate of drug-likeness (QED) is 0.0713. The van der Waals surface area contributed by atoms with Gasteiger partial charge in [-0.25, -0.2) is 9.98 Å². The van der Waals surface area contributed by atoms with Crippen molar-refractivity contribution in [3.05, 3.63) is 105 Å². The Hall–Kier alpha value is -3.97. The van der Waals surface area contributed by atoms with E-state index in [-0.39, 0.29) is 5.84 Å². The summed E-state index contributed by atoms with van der Waals surface area (Å²) < 4.78 is 1.17. The summed E-state index contributed by atoms with van der Waals surface area (Å²) in [6.07, 6.45) is 9.21. The van der Waals surface area contributed by atoms with Gasteiger partial charge in [-0.15, -0.1) is 11.3 Å². The first kappa shape index (κ1) is 30.0. The second-order valence-corrected chi connectivity index (χ2v) is 11.3. The predicted octanol–water partition coefficient (Wildman–Crippen LogP) is 8.58. The maximum absolute atomic E-state index is 9.76. The smallest absolute Gasteiger partial charge is 0.164 e. The number of allylic oxidation sites excluding steroid dienone is 5. The van der Waals surface area contributed by atoms with Crippen molar-refractivity contribution in [1.82, 2.24) is 10.2 Å². The molecular formula is C34H41N5OS. The zero-order valence-electron chi connectivity index (χ0n) is 24.8. The van der Waals surface area contributed by atoms with Gasteiger partial charge in [-0.2, -0.15) is 0 Å². The molecule has 0 spiro atoms. The number of nitrogens with zero attached hydrogens (tertiary/aromatic N) is 3. The molecule has 7 heteroatoms. The van der Waals surface area contributed by atoms with Crippen LogP contribution in [0, 0.1) is 19.3 Å². The second-order valence-electron chi connectivity index (χ2n) is 10.4. The first-order valence-corrected chi connectivity index (χ1v) is 15.2. The molecule has 2 heterocycles. The summed E-state index contributed by atoms with van der Waals surface area (Å²) >= 11 is 1.65. The molecule has 1 aliphatic rings. The van der Waals surface area contributed by atoms with E-state index < -0.39 is 0 Å². The summed E-state index contributed by atoms with van der Waals surface area (Å²) in [6.45, 7) is 11.7. The van der Waals surface area contributed by atoms with Crippen LogP contribution in [0.4, 0.5) is 0 Å². The third-order valence-corrected chi connectivity index (χ3v) is 8.26. The Morgan fingerprint density at radius 1 is 1.10 bits per heavy atom. The number of rotatable bonds is 11. The van der Waals surface area contributed by atoms with Crippen LogP contribution < -0.4 is 5.32 Å². The molecule has 0 saturated heterocycles. The van der Waals surface area contributed by atoms with E-state index in [2.05, 4.69) is 68.6 Å².